The highest BCUT2D eigenvalue weighted by atomic mass is 35.5. The molecule has 0 aliphatic rings. The van der Waals surface area contributed by atoms with Gasteiger partial charge in [-0.1, -0.05) is 29.8 Å². The first-order valence-corrected chi connectivity index (χ1v) is 11.0. The number of hydrogen-bond donors (Lipinski definition) is 2. The fourth-order valence-corrected chi connectivity index (χ4v) is 4.07. The number of rotatable bonds is 7. The Labute approximate surface area is 180 Å². The van der Waals surface area contributed by atoms with Gasteiger partial charge in [-0.15, -0.1) is 0 Å². The maximum Gasteiger partial charge on any atom is 0.261 e. The number of sulfonamides is 1. The normalized spacial score (nSPS) is 11.0. The predicted octanol–water partition coefficient (Wildman–Crippen LogP) is 4.64. The summed E-state index contributed by atoms with van der Waals surface area (Å²) in [7, 11) is -2.21. The zero-order valence-electron chi connectivity index (χ0n) is 16.5. The largest absolute Gasteiger partial charge is 0.497 e. The Kier molecular flexibility index (Phi) is 6.64. The van der Waals surface area contributed by atoms with Gasteiger partial charge in [0.15, 0.2) is 0 Å². The Morgan fingerprint density at radius 2 is 1.67 bits per heavy atom. The Bertz CT molecular complexity index is 1140. The highest BCUT2D eigenvalue weighted by Crippen LogP contribution is 2.26. The van der Waals surface area contributed by atoms with Crippen molar-refractivity contribution in [2.75, 3.05) is 17.1 Å². The zero-order chi connectivity index (χ0) is 21.7. The number of anilines is 2. The van der Waals surface area contributed by atoms with Gasteiger partial charge in [0.25, 0.3) is 10.0 Å². The third kappa shape index (κ3) is 5.31. The first kappa shape index (κ1) is 21.7. The molecule has 3 rings (SSSR count). The summed E-state index contributed by atoms with van der Waals surface area (Å²) in [6.45, 7) is 1.74. The van der Waals surface area contributed by atoms with Crippen LogP contribution >= 0.6 is 11.6 Å². The van der Waals surface area contributed by atoms with Crippen LogP contribution in [0.5, 0.6) is 5.75 Å². The van der Waals surface area contributed by atoms with Crippen LogP contribution in [-0.4, -0.2) is 21.4 Å². The quantitative estimate of drug-likeness (QED) is 0.556. The highest BCUT2D eigenvalue weighted by Gasteiger charge is 2.16. The fraction of sp³-hybridized carbons (Fsp3) is 0.136. The van der Waals surface area contributed by atoms with Crippen molar-refractivity contribution in [1.29, 1.82) is 0 Å². The smallest absolute Gasteiger partial charge is 0.261 e. The number of amides is 1. The van der Waals surface area contributed by atoms with E-state index in [-0.39, 0.29) is 17.2 Å². The van der Waals surface area contributed by atoms with Crippen LogP contribution in [-0.2, 0) is 21.2 Å². The monoisotopic (exact) mass is 444 g/mol. The maximum absolute atomic E-state index is 12.6. The number of hydrogen-bond acceptors (Lipinski definition) is 4. The molecule has 1 amide bonds. The lowest BCUT2D eigenvalue weighted by molar-refractivity contribution is -0.115. The second-order valence-corrected chi connectivity index (χ2v) is 8.70. The molecule has 0 bridgehead atoms. The summed E-state index contributed by atoms with van der Waals surface area (Å²) in [5.74, 6) is 0.515. The van der Waals surface area contributed by atoms with Crippen molar-refractivity contribution in [1.82, 2.24) is 0 Å². The van der Waals surface area contributed by atoms with Crippen LogP contribution in [0.15, 0.2) is 71.6 Å². The minimum absolute atomic E-state index is 0.0787. The number of carbonyl (C=O) groups is 1. The topological polar surface area (TPSA) is 84.5 Å². The van der Waals surface area contributed by atoms with Crippen molar-refractivity contribution < 1.29 is 17.9 Å². The van der Waals surface area contributed by atoms with Gasteiger partial charge in [-0.05, 0) is 66.6 Å². The van der Waals surface area contributed by atoms with E-state index in [0.29, 0.717) is 22.0 Å². The summed E-state index contributed by atoms with van der Waals surface area (Å²) in [6, 6.07) is 18.2. The molecule has 30 heavy (non-hydrogen) atoms. The number of nitrogens with one attached hydrogen (secondary N) is 2. The van der Waals surface area contributed by atoms with Crippen molar-refractivity contribution in [2.45, 2.75) is 18.2 Å². The first-order chi connectivity index (χ1) is 14.3. The average Bonchev–Trinajstić information content (AvgIpc) is 2.72. The molecule has 0 saturated carbocycles. The molecule has 3 aromatic carbocycles. The summed E-state index contributed by atoms with van der Waals surface area (Å²) in [5, 5.41) is 3.24. The van der Waals surface area contributed by atoms with Crippen molar-refractivity contribution in [3.63, 3.8) is 0 Å². The minimum atomic E-state index is -3.79. The lowest BCUT2D eigenvalue weighted by Gasteiger charge is -2.12. The molecule has 0 unspecified atom stereocenters. The second kappa shape index (κ2) is 9.19. The number of halogens is 1. The molecule has 0 heterocycles. The Hall–Kier alpha value is -3.03. The molecule has 0 saturated heterocycles. The summed E-state index contributed by atoms with van der Waals surface area (Å²) in [5.41, 5.74) is 2.41. The molecular weight excluding hydrogens is 424 g/mol. The maximum atomic E-state index is 12.6. The van der Waals surface area contributed by atoms with Gasteiger partial charge >= 0.3 is 0 Å². The lowest BCUT2D eigenvalue weighted by atomic mass is 10.1. The molecule has 2 N–H and O–H groups in total. The third-order valence-corrected chi connectivity index (χ3v) is 6.27. The molecule has 0 atom stereocenters. The molecule has 0 aromatic heterocycles. The van der Waals surface area contributed by atoms with E-state index in [2.05, 4.69) is 10.0 Å². The van der Waals surface area contributed by atoms with Gasteiger partial charge in [0.05, 0.1) is 24.1 Å². The number of benzene rings is 3. The van der Waals surface area contributed by atoms with E-state index in [1.54, 1.807) is 56.5 Å². The molecular formula is C22H21ClN2O4S. The Balaban J connectivity index is 1.66. The Morgan fingerprint density at radius 1 is 1.00 bits per heavy atom. The molecule has 0 fully saturated rings. The van der Waals surface area contributed by atoms with E-state index < -0.39 is 10.0 Å². The average molecular weight is 445 g/mol. The van der Waals surface area contributed by atoms with Crippen LogP contribution < -0.4 is 14.8 Å². The Morgan fingerprint density at radius 3 is 2.30 bits per heavy atom. The molecule has 0 spiro atoms. The van der Waals surface area contributed by atoms with Crippen molar-refractivity contribution in [3.8, 4) is 5.75 Å². The number of ether oxygens (including phenoxy) is 1. The lowest BCUT2D eigenvalue weighted by Crippen LogP contribution is -2.15. The SMILES string of the molecule is COc1ccc(CC(=O)Nc2ccc(S(=O)(=O)Nc3cccc(Cl)c3C)cc2)cc1. The fourth-order valence-electron chi connectivity index (χ4n) is 2.77. The van der Waals surface area contributed by atoms with Gasteiger partial charge in [-0.2, -0.15) is 0 Å². The first-order valence-electron chi connectivity index (χ1n) is 9.09. The van der Waals surface area contributed by atoms with Gasteiger partial charge in [0.1, 0.15) is 5.75 Å². The summed E-state index contributed by atoms with van der Waals surface area (Å²) >= 11 is 6.05. The number of methoxy groups -OCH3 is 1. The predicted molar refractivity (Wildman–Crippen MR) is 119 cm³/mol. The van der Waals surface area contributed by atoms with Crippen molar-refractivity contribution >= 4 is 38.9 Å². The van der Waals surface area contributed by atoms with E-state index in [1.807, 2.05) is 12.1 Å². The standard InChI is InChI=1S/C22H21ClN2O4S/c1-15-20(23)4-3-5-21(15)25-30(27,28)19-12-8-17(9-13-19)24-22(26)14-16-6-10-18(29-2)11-7-16/h3-13,25H,14H2,1-2H3,(H,24,26). The molecule has 0 radical (unpaired) electrons. The minimum Gasteiger partial charge on any atom is -0.497 e. The molecule has 3 aromatic rings. The van der Waals surface area contributed by atoms with Crippen LogP contribution in [0.3, 0.4) is 0 Å². The zero-order valence-corrected chi connectivity index (χ0v) is 18.0. The molecule has 8 heteroatoms. The van der Waals surface area contributed by atoms with Gasteiger partial charge in [-0.3, -0.25) is 9.52 Å². The molecule has 0 aliphatic carbocycles. The van der Waals surface area contributed by atoms with Gasteiger partial charge in [0.2, 0.25) is 5.91 Å². The third-order valence-electron chi connectivity index (χ3n) is 4.48. The van der Waals surface area contributed by atoms with E-state index >= 15 is 0 Å². The molecule has 6 nitrogen and oxygen atoms in total. The van der Waals surface area contributed by atoms with E-state index in [0.717, 1.165) is 11.3 Å². The van der Waals surface area contributed by atoms with Crippen LogP contribution in [0.4, 0.5) is 11.4 Å². The van der Waals surface area contributed by atoms with E-state index in [4.69, 9.17) is 16.3 Å². The van der Waals surface area contributed by atoms with Crippen LogP contribution in [0, 0.1) is 6.92 Å². The number of carbonyl (C=O) groups excluding carboxylic acids is 1. The highest BCUT2D eigenvalue weighted by molar-refractivity contribution is 7.92. The van der Waals surface area contributed by atoms with E-state index in [9.17, 15) is 13.2 Å². The van der Waals surface area contributed by atoms with Crippen LogP contribution in [0.1, 0.15) is 11.1 Å². The second-order valence-electron chi connectivity index (χ2n) is 6.62. The van der Waals surface area contributed by atoms with Crippen LogP contribution in [0.25, 0.3) is 0 Å². The van der Waals surface area contributed by atoms with Crippen molar-refractivity contribution in [2.24, 2.45) is 0 Å². The molecule has 0 aliphatic heterocycles. The van der Waals surface area contributed by atoms with Gasteiger partial charge in [0, 0.05) is 10.7 Å². The van der Waals surface area contributed by atoms with Gasteiger partial charge < -0.3 is 10.1 Å². The summed E-state index contributed by atoms with van der Waals surface area (Å²) in [4.78, 5) is 12.3. The van der Waals surface area contributed by atoms with E-state index in [1.165, 1.54) is 12.1 Å². The summed E-state index contributed by atoms with van der Waals surface area (Å²) < 4.78 is 32.9. The van der Waals surface area contributed by atoms with Crippen molar-refractivity contribution in [3.05, 3.63) is 82.9 Å². The summed E-state index contributed by atoms with van der Waals surface area (Å²) in [6.07, 6.45) is 0.194. The van der Waals surface area contributed by atoms with Crippen LogP contribution in [0.2, 0.25) is 5.02 Å². The van der Waals surface area contributed by atoms with Gasteiger partial charge in [-0.25, -0.2) is 8.42 Å². The molecule has 156 valence electrons.